The molecular formula is C19H24Cl2N4O3. The molecule has 2 aromatic heterocycles. The van der Waals surface area contributed by atoms with Crippen LogP contribution in [0.25, 0.3) is 5.65 Å². The number of ether oxygens (including phenoxy) is 2. The van der Waals surface area contributed by atoms with Gasteiger partial charge in [-0.15, -0.1) is 24.8 Å². The first-order valence-corrected chi connectivity index (χ1v) is 8.39. The van der Waals surface area contributed by atoms with Crippen molar-refractivity contribution in [2.75, 3.05) is 32.1 Å². The minimum absolute atomic E-state index is 0. The molecule has 0 aliphatic carbocycles. The maximum Gasteiger partial charge on any atom is 0.238 e. The molecule has 152 valence electrons. The van der Waals surface area contributed by atoms with Gasteiger partial charge in [-0.1, -0.05) is 12.1 Å². The fraction of sp³-hybridized carbons (Fsp3) is 0.263. The van der Waals surface area contributed by atoms with E-state index in [1.165, 1.54) is 0 Å². The molecule has 0 unspecified atom stereocenters. The number of fused-ring (bicyclic) bond motifs is 1. The molecule has 2 heterocycles. The summed E-state index contributed by atoms with van der Waals surface area (Å²) < 4.78 is 12.7. The molecule has 3 aromatic rings. The zero-order valence-corrected chi connectivity index (χ0v) is 17.1. The Bertz CT molecular complexity index is 840. The van der Waals surface area contributed by atoms with Gasteiger partial charge in [-0.2, -0.15) is 0 Å². The first kappa shape index (κ1) is 23.7. The number of methoxy groups -OCH3 is 1. The first-order chi connectivity index (χ1) is 12.7. The molecule has 0 aliphatic heterocycles. The molecule has 0 aliphatic rings. The van der Waals surface area contributed by atoms with Crippen molar-refractivity contribution < 1.29 is 14.3 Å². The van der Waals surface area contributed by atoms with Crippen molar-refractivity contribution in [1.82, 2.24) is 14.7 Å². The predicted octanol–water partition coefficient (Wildman–Crippen LogP) is 2.93. The summed E-state index contributed by atoms with van der Waals surface area (Å²) in [7, 11) is 1.62. The van der Waals surface area contributed by atoms with Crippen LogP contribution in [0.5, 0.6) is 5.75 Å². The normalized spacial score (nSPS) is 10.0. The summed E-state index contributed by atoms with van der Waals surface area (Å²) in [5.74, 6) is 0.561. The Morgan fingerprint density at radius 1 is 1.18 bits per heavy atom. The largest absolute Gasteiger partial charge is 0.487 e. The van der Waals surface area contributed by atoms with Gasteiger partial charge in [-0.05, 0) is 24.3 Å². The number of rotatable bonds is 9. The SMILES string of the molecule is COCCNCC(=O)Nc1cccc(OCc2cn3ccccc3n2)c1.Cl.Cl. The summed E-state index contributed by atoms with van der Waals surface area (Å²) in [4.78, 5) is 16.4. The smallest absolute Gasteiger partial charge is 0.238 e. The third kappa shape index (κ3) is 7.01. The van der Waals surface area contributed by atoms with Crippen LogP contribution in [0, 0.1) is 0 Å². The van der Waals surface area contributed by atoms with E-state index in [1.807, 2.05) is 53.2 Å². The number of nitrogens with one attached hydrogen (secondary N) is 2. The topological polar surface area (TPSA) is 76.9 Å². The Morgan fingerprint density at radius 2 is 2.04 bits per heavy atom. The Morgan fingerprint density at radius 3 is 2.82 bits per heavy atom. The molecule has 1 amide bonds. The number of anilines is 1. The maximum absolute atomic E-state index is 11.9. The molecule has 7 nitrogen and oxygen atoms in total. The lowest BCUT2D eigenvalue weighted by Gasteiger charge is -2.09. The number of carbonyl (C=O) groups excluding carboxylic acids is 1. The van der Waals surface area contributed by atoms with E-state index in [0.29, 0.717) is 31.2 Å². The van der Waals surface area contributed by atoms with Gasteiger partial charge < -0.3 is 24.5 Å². The lowest BCUT2D eigenvalue weighted by Crippen LogP contribution is -2.30. The molecule has 0 spiro atoms. The fourth-order valence-electron chi connectivity index (χ4n) is 2.46. The molecule has 0 saturated carbocycles. The third-order valence-electron chi connectivity index (χ3n) is 3.69. The van der Waals surface area contributed by atoms with Gasteiger partial charge >= 0.3 is 0 Å². The van der Waals surface area contributed by atoms with E-state index in [0.717, 1.165) is 11.3 Å². The highest BCUT2D eigenvalue weighted by Gasteiger charge is 2.05. The minimum Gasteiger partial charge on any atom is -0.487 e. The van der Waals surface area contributed by atoms with E-state index in [9.17, 15) is 4.79 Å². The van der Waals surface area contributed by atoms with E-state index < -0.39 is 0 Å². The molecule has 2 N–H and O–H groups in total. The van der Waals surface area contributed by atoms with Crippen LogP contribution in [0.3, 0.4) is 0 Å². The second kappa shape index (κ2) is 12.2. The van der Waals surface area contributed by atoms with Crippen LogP contribution in [0.4, 0.5) is 5.69 Å². The number of carbonyl (C=O) groups is 1. The molecule has 0 bridgehead atoms. The average molecular weight is 427 g/mol. The van der Waals surface area contributed by atoms with Crippen molar-refractivity contribution in [1.29, 1.82) is 0 Å². The number of nitrogens with zero attached hydrogens (tertiary/aromatic N) is 2. The van der Waals surface area contributed by atoms with Gasteiger partial charge in [-0.25, -0.2) is 4.98 Å². The number of halogens is 2. The molecule has 28 heavy (non-hydrogen) atoms. The molecule has 0 saturated heterocycles. The summed E-state index contributed by atoms with van der Waals surface area (Å²) in [6, 6.07) is 13.2. The van der Waals surface area contributed by atoms with E-state index in [4.69, 9.17) is 9.47 Å². The number of hydrogen-bond donors (Lipinski definition) is 2. The summed E-state index contributed by atoms with van der Waals surface area (Å²) in [5, 5.41) is 5.84. The predicted molar refractivity (Wildman–Crippen MR) is 114 cm³/mol. The zero-order chi connectivity index (χ0) is 18.2. The number of aromatic nitrogens is 2. The number of imidazole rings is 1. The number of amides is 1. The lowest BCUT2D eigenvalue weighted by molar-refractivity contribution is -0.115. The fourth-order valence-corrected chi connectivity index (χ4v) is 2.46. The second-order valence-electron chi connectivity index (χ2n) is 5.73. The first-order valence-electron chi connectivity index (χ1n) is 8.39. The molecule has 0 fully saturated rings. The Hall–Kier alpha value is -2.32. The van der Waals surface area contributed by atoms with Crippen LogP contribution in [0.2, 0.25) is 0 Å². The molecule has 9 heteroatoms. The van der Waals surface area contributed by atoms with Gasteiger partial charge in [0.15, 0.2) is 0 Å². The molecule has 1 aromatic carbocycles. The van der Waals surface area contributed by atoms with E-state index in [1.54, 1.807) is 13.2 Å². The van der Waals surface area contributed by atoms with Crippen molar-refractivity contribution >= 4 is 42.1 Å². The molecular weight excluding hydrogens is 403 g/mol. The molecule has 3 rings (SSSR count). The highest BCUT2D eigenvalue weighted by Crippen LogP contribution is 2.18. The average Bonchev–Trinajstić information content (AvgIpc) is 3.07. The van der Waals surface area contributed by atoms with Crippen molar-refractivity contribution in [3.63, 3.8) is 0 Å². The standard InChI is InChI=1S/C19H22N4O3.2ClH/c1-25-10-8-20-12-19(24)22-15-5-4-6-17(11-15)26-14-16-13-23-9-3-2-7-18(23)21-16;;/h2-7,9,11,13,20H,8,10,12,14H2,1H3,(H,22,24);2*1H. The number of benzene rings is 1. The van der Waals surface area contributed by atoms with Gasteiger partial charge in [0.25, 0.3) is 0 Å². The van der Waals surface area contributed by atoms with Crippen LogP contribution in [-0.2, 0) is 16.1 Å². The third-order valence-corrected chi connectivity index (χ3v) is 3.69. The van der Waals surface area contributed by atoms with Crippen molar-refractivity contribution in [3.05, 3.63) is 60.6 Å². The lowest BCUT2D eigenvalue weighted by atomic mass is 10.3. The zero-order valence-electron chi connectivity index (χ0n) is 15.5. The Labute approximate surface area is 176 Å². The van der Waals surface area contributed by atoms with Gasteiger partial charge in [0.2, 0.25) is 5.91 Å². The number of pyridine rings is 1. The van der Waals surface area contributed by atoms with Crippen LogP contribution < -0.4 is 15.4 Å². The van der Waals surface area contributed by atoms with Gasteiger partial charge in [0, 0.05) is 37.8 Å². The summed E-state index contributed by atoms with van der Waals surface area (Å²) in [6.45, 7) is 1.79. The Kier molecular flexibility index (Phi) is 10.3. The van der Waals surface area contributed by atoms with Gasteiger partial charge in [-0.3, -0.25) is 4.79 Å². The van der Waals surface area contributed by atoms with Crippen LogP contribution in [0.1, 0.15) is 5.69 Å². The van der Waals surface area contributed by atoms with Crippen LogP contribution in [-0.4, -0.2) is 42.1 Å². The Balaban J connectivity index is 0.00000196. The van der Waals surface area contributed by atoms with Gasteiger partial charge in [0.05, 0.1) is 18.8 Å². The van der Waals surface area contributed by atoms with Gasteiger partial charge in [0.1, 0.15) is 18.0 Å². The second-order valence-corrected chi connectivity index (χ2v) is 5.73. The molecule has 0 atom stereocenters. The maximum atomic E-state index is 11.9. The van der Waals surface area contributed by atoms with Crippen molar-refractivity contribution in [3.8, 4) is 5.75 Å². The van der Waals surface area contributed by atoms with E-state index in [2.05, 4.69) is 15.6 Å². The minimum atomic E-state index is -0.112. The van der Waals surface area contributed by atoms with E-state index in [-0.39, 0.29) is 37.3 Å². The quantitative estimate of drug-likeness (QED) is 0.514. The monoisotopic (exact) mass is 426 g/mol. The van der Waals surface area contributed by atoms with Crippen LogP contribution in [0.15, 0.2) is 54.9 Å². The van der Waals surface area contributed by atoms with E-state index >= 15 is 0 Å². The molecule has 0 radical (unpaired) electrons. The van der Waals surface area contributed by atoms with Crippen molar-refractivity contribution in [2.45, 2.75) is 6.61 Å². The highest BCUT2D eigenvalue weighted by atomic mass is 35.5. The number of hydrogen-bond acceptors (Lipinski definition) is 5. The van der Waals surface area contributed by atoms with Crippen molar-refractivity contribution in [2.24, 2.45) is 0 Å². The highest BCUT2D eigenvalue weighted by molar-refractivity contribution is 5.92. The summed E-state index contributed by atoms with van der Waals surface area (Å²) in [6.07, 6.45) is 3.88. The summed E-state index contributed by atoms with van der Waals surface area (Å²) in [5.41, 5.74) is 2.41. The van der Waals surface area contributed by atoms with Crippen LogP contribution >= 0.6 is 24.8 Å². The summed E-state index contributed by atoms with van der Waals surface area (Å²) >= 11 is 0.